The Kier molecular flexibility index (Phi) is 5.83. The Morgan fingerprint density at radius 1 is 1.14 bits per heavy atom. The van der Waals surface area contributed by atoms with Crippen LogP contribution in [0.15, 0.2) is 48.5 Å². The number of alkyl halides is 3. The zero-order valence-corrected chi connectivity index (χ0v) is 16.3. The van der Waals surface area contributed by atoms with Crippen LogP contribution < -0.4 is 10.1 Å². The standard InChI is InChI=1S/C20H17ClF3N3O2/c1-12-7-13(2)9-14(8-12)25-18(28)11-29-19-10-17(20(22,23)24)26-27(19)16-6-4-3-5-15(16)21/h3-10H,11H2,1-2H3,(H,25,28). The topological polar surface area (TPSA) is 56.1 Å². The van der Waals surface area contributed by atoms with E-state index in [-0.39, 0.29) is 16.6 Å². The molecule has 1 heterocycles. The second-order valence-corrected chi connectivity index (χ2v) is 6.85. The molecule has 1 aromatic heterocycles. The number of ether oxygens (including phenoxy) is 1. The number of hydrogen-bond acceptors (Lipinski definition) is 3. The molecule has 0 atom stereocenters. The van der Waals surface area contributed by atoms with E-state index >= 15 is 0 Å². The van der Waals surface area contributed by atoms with Crippen molar-refractivity contribution in [2.45, 2.75) is 20.0 Å². The first-order chi connectivity index (χ1) is 13.6. The number of aromatic nitrogens is 2. The van der Waals surface area contributed by atoms with Crippen molar-refractivity contribution in [2.75, 3.05) is 11.9 Å². The summed E-state index contributed by atoms with van der Waals surface area (Å²) in [5.74, 6) is -0.767. The number of nitrogens with zero attached hydrogens (tertiary/aromatic N) is 2. The number of halogens is 4. The number of carbonyl (C=O) groups is 1. The van der Waals surface area contributed by atoms with Crippen molar-refractivity contribution in [1.82, 2.24) is 9.78 Å². The highest BCUT2D eigenvalue weighted by Crippen LogP contribution is 2.33. The van der Waals surface area contributed by atoms with E-state index in [2.05, 4.69) is 10.4 Å². The van der Waals surface area contributed by atoms with Crippen LogP contribution in [0, 0.1) is 13.8 Å². The van der Waals surface area contributed by atoms with Gasteiger partial charge in [-0.2, -0.15) is 23.0 Å². The summed E-state index contributed by atoms with van der Waals surface area (Å²) in [4.78, 5) is 12.2. The zero-order valence-electron chi connectivity index (χ0n) is 15.5. The fraction of sp³-hybridized carbons (Fsp3) is 0.200. The van der Waals surface area contributed by atoms with E-state index in [1.54, 1.807) is 24.3 Å². The third-order valence-electron chi connectivity index (χ3n) is 3.90. The molecule has 9 heteroatoms. The molecule has 0 aliphatic heterocycles. The summed E-state index contributed by atoms with van der Waals surface area (Å²) in [6.45, 7) is 3.28. The largest absolute Gasteiger partial charge is 0.467 e. The van der Waals surface area contributed by atoms with E-state index in [1.165, 1.54) is 12.1 Å². The molecule has 3 rings (SSSR count). The van der Waals surface area contributed by atoms with Crippen LogP contribution in [0.25, 0.3) is 5.69 Å². The molecular formula is C20H17ClF3N3O2. The normalized spacial score (nSPS) is 11.4. The molecule has 3 aromatic rings. The van der Waals surface area contributed by atoms with E-state index in [1.807, 2.05) is 19.9 Å². The van der Waals surface area contributed by atoms with Gasteiger partial charge in [0.05, 0.1) is 10.7 Å². The minimum atomic E-state index is -4.67. The minimum Gasteiger partial charge on any atom is -0.467 e. The first-order valence-corrected chi connectivity index (χ1v) is 8.94. The van der Waals surface area contributed by atoms with Crippen molar-refractivity contribution in [3.63, 3.8) is 0 Å². The highest BCUT2D eigenvalue weighted by molar-refractivity contribution is 6.32. The fourth-order valence-electron chi connectivity index (χ4n) is 2.78. The van der Waals surface area contributed by atoms with Gasteiger partial charge in [-0.25, -0.2) is 0 Å². The molecule has 0 aliphatic carbocycles. The first-order valence-electron chi connectivity index (χ1n) is 8.56. The highest BCUT2D eigenvalue weighted by Gasteiger charge is 2.36. The summed E-state index contributed by atoms with van der Waals surface area (Å²) < 4.78 is 45.6. The van der Waals surface area contributed by atoms with Gasteiger partial charge in [-0.15, -0.1) is 0 Å². The van der Waals surface area contributed by atoms with Crippen LogP contribution in [0.2, 0.25) is 5.02 Å². The molecule has 0 bridgehead atoms. The fourth-order valence-corrected chi connectivity index (χ4v) is 3.00. The van der Waals surface area contributed by atoms with Crippen molar-refractivity contribution in [3.05, 3.63) is 70.4 Å². The number of carbonyl (C=O) groups excluding carboxylic acids is 1. The lowest BCUT2D eigenvalue weighted by atomic mass is 10.1. The summed E-state index contributed by atoms with van der Waals surface area (Å²) >= 11 is 6.08. The summed E-state index contributed by atoms with van der Waals surface area (Å²) in [5.41, 5.74) is 1.56. The highest BCUT2D eigenvalue weighted by atomic mass is 35.5. The van der Waals surface area contributed by atoms with Crippen LogP contribution in [0.3, 0.4) is 0 Å². The molecular weight excluding hydrogens is 407 g/mol. The van der Waals surface area contributed by atoms with Crippen molar-refractivity contribution < 1.29 is 22.7 Å². The van der Waals surface area contributed by atoms with Gasteiger partial charge in [0.1, 0.15) is 0 Å². The van der Waals surface area contributed by atoms with Gasteiger partial charge in [0, 0.05) is 11.8 Å². The lowest BCUT2D eigenvalue weighted by Gasteiger charge is -2.11. The molecule has 0 spiro atoms. The number of rotatable bonds is 5. The lowest BCUT2D eigenvalue weighted by molar-refractivity contribution is -0.141. The predicted molar refractivity (Wildman–Crippen MR) is 104 cm³/mol. The third-order valence-corrected chi connectivity index (χ3v) is 4.22. The van der Waals surface area contributed by atoms with Gasteiger partial charge < -0.3 is 10.1 Å². The lowest BCUT2D eigenvalue weighted by Crippen LogP contribution is -2.21. The quantitative estimate of drug-likeness (QED) is 0.615. The van der Waals surface area contributed by atoms with E-state index in [4.69, 9.17) is 16.3 Å². The van der Waals surface area contributed by atoms with Crippen LogP contribution in [0.4, 0.5) is 18.9 Å². The van der Waals surface area contributed by atoms with Gasteiger partial charge in [-0.05, 0) is 49.2 Å². The Labute approximate surface area is 170 Å². The van der Waals surface area contributed by atoms with Crippen LogP contribution in [0.5, 0.6) is 5.88 Å². The Morgan fingerprint density at radius 3 is 2.41 bits per heavy atom. The van der Waals surface area contributed by atoms with Gasteiger partial charge in [0.2, 0.25) is 5.88 Å². The zero-order chi connectivity index (χ0) is 21.2. The summed E-state index contributed by atoms with van der Waals surface area (Å²) in [7, 11) is 0. The number of benzene rings is 2. The molecule has 0 unspecified atom stereocenters. The van der Waals surface area contributed by atoms with E-state index in [9.17, 15) is 18.0 Å². The van der Waals surface area contributed by atoms with Gasteiger partial charge in [-0.1, -0.05) is 29.8 Å². The molecule has 2 aromatic carbocycles. The maximum absolute atomic E-state index is 13.1. The van der Waals surface area contributed by atoms with Crippen LogP contribution in [-0.2, 0) is 11.0 Å². The van der Waals surface area contributed by atoms with Crippen molar-refractivity contribution in [1.29, 1.82) is 0 Å². The van der Waals surface area contributed by atoms with E-state index in [0.717, 1.165) is 21.9 Å². The molecule has 0 aliphatic rings. The van der Waals surface area contributed by atoms with Gasteiger partial charge >= 0.3 is 6.18 Å². The van der Waals surface area contributed by atoms with Crippen molar-refractivity contribution in [3.8, 4) is 11.6 Å². The molecule has 152 valence electrons. The number of amides is 1. The van der Waals surface area contributed by atoms with Gasteiger partial charge in [0.25, 0.3) is 5.91 Å². The predicted octanol–water partition coefficient (Wildman–Crippen LogP) is 5.18. The Hall–Kier alpha value is -3.00. The smallest absolute Gasteiger partial charge is 0.435 e. The van der Waals surface area contributed by atoms with Crippen LogP contribution in [0.1, 0.15) is 16.8 Å². The molecule has 1 N–H and O–H groups in total. The summed E-state index contributed by atoms with van der Waals surface area (Å²) in [6, 6.07) is 12.5. The number of aryl methyl sites for hydroxylation is 2. The molecule has 0 saturated heterocycles. The monoisotopic (exact) mass is 423 g/mol. The molecule has 5 nitrogen and oxygen atoms in total. The second kappa shape index (κ2) is 8.16. The van der Waals surface area contributed by atoms with Gasteiger partial charge in [-0.3, -0.25) is 4.79 Å². The number of para-hydroxylation sites is 1. The Morgan fingerprint density at radius 2 is 1.79 bits per heavy atom. The molecule has 0 fully saturated rings. The third kappa shape index (κ3) is 5.08. The second-order valence-electron chi connectivity index (χ2n) is 6.44. The average molecular weight is 424 g/mol. The summed E-state index contributed by atoms with van der Waals surface area (Å²) in [6.07, 6.45) is -4.67. The molecule has 0 radical (unpaired) electrons. The number of hydrogen-bond donors (Lipinski definition) is 1. The minimum absolute atomic E-state index is 0.189. The van der Waals surface area contributed by atoms with E-state index in [0.29, 0.717) is 5.69 Å². The molecule has 1 amide bonds. The number of nitrogens with one attached hydrogen (secondary N) is 1. The summed E-state index contributed by atoms with van der Waals surface area (Å²) in [5, 5.41) is 6.40. The van der Waals surface area contributed by atoms with Crippen LogP contribution >= 0.6 is 11.6 Å². The maximum atomic E-state index is 13.1. The maximum Gasteiger partial charge on any atom is 0.435 e. The Balaban J connectivity index is 1.81. The average Bonchev–Trinajstić information content (AvgIpc) is 3.04. The SMILES string of the molecule is Cc1cc(C)cc(NC(=O)COc2cc(C(F)(F)F)nn2-c2ccccc2Cl)c1. The molecule has 29 heavy (non-hydrogen) atoms. The number of anilines is 1. The van der Waals surface area contributed by atoms with Crippen molar-refractivity contribution >= 4 is 23.2 Å². The van der Waals surface area contributed by atoms with Crippen molar-refractivity contribution in [2.24, 2.45) is 0 Å². The van der Waals surface area contributed by atoms with Crippen LogP contribution in [-0.4, -0.2) is 22.3 Å². The Bertz CT molecular complexity index is 1030. The molecule has 0 saturated carbocycles. The van der Waals surface area contributed by atoms with Gasteiger partial charge in [0.15, 0.2) is 12.3 Å². The first kappa shape index (κ1) is 20.7. The van der Waals surface area contributed by atoms with E-state index < -0.39 is 24.4 Å².